The number of benzene rings is 2. The Kier molecular flexibility index (Phi) is 8.69. The average Bonchev–Trinajstić information content (AvgIpc) is 2.68. The van der Waals surface area contributed by atoms with Crippen LogP contribution >= 0.6 is 7.60 Å². The summed E-state index contributed by atoms with van der Waals surface area (Å²) in [5.74, 6) is -1.87. The van der Waals surface area contributed by atoms with E-state index in [1.807, 2.05) is 60.7 Å². The first-order chi connectivity index (χ1) is 13.1. The Morgan fingerprint density at radius 2 is 1.44 bits per heavy atom. The Morgan fingerprint density at radius 1 is 0.926 bits per heavy atom. The van der Waals surface area contributed by atoms with Crippen LogP contribution in [0.5, 0.6) is 0 Å². The van der Waals surface area contributed by atoms with Crippen LogP contribution in [0.2, 0.25) is 0 Å². The summed E-state index contributed by atoms with van der Waals surface area (Å²) in [6.45, 7) is 4.14. The number of hydrogen-bond donors (Lipinski definition) is 1. The third-order valence-corrected chi connectivity index (χ3v) is 5.99. The van der Waals surface area contributed by atoms with Gasteiger partial charge in [-0.2, -0.15) is 0 Å². The van der Waals surface area contributed by atoms with Crippen LogP contribution in [0.4, 0.5) is 0 Å². The minimum absolute atomic E-state index is 0.0848. The van der Waals surface area contributed by atoms with Crippen LogP contribution in [-0.2, 0) is 36.3 Å². The van der Waals surface area contributed by atoms with Crippen LogP contribution in [0.1, 0.15) is 25.0 Å². The van der Waals surface area contributed by atoms with E-state index in [1.54, 1.807) is 13.8 Å². The molecule has 27 heavy (non-hydrogen) atoms. The number of nitrogens with one attached hydrogen (secondary N) is 1. The van der Waals surface area contributed by atoms with Gasteiger partial charge in [-0.15, -0.1) is 0 Å². The van der Waals surface area contributed by atoms with Gasteiger partial charge in [0.2, 0.25) is 5.78 Å². The third kappa shape index (κ3) is 6.60. The minimum atomic E-state index is -3.73. The van der Waals surface area contributed by atoms with E-state index in [0.717, 1.165) is 11.1 Å². The standard InChI is InChI=1S/C20H26NO5P/c1-3-25-27(23,26-4-2)19(21-15-17-11-7-5-8-12-17)20(22)24-16-18-13-9-6-10-14-18/h5-14,19,21H,3-4,15-16H2,1-2H3. The van der Waals surface area contributed by atoms with Gasteiger partial charge in [0.05, 0.1) is 13.2 Å². The van der Waals surface area contributed by atoms with Crippen LogP contribution < -0.4 is 5.32 Å². The number of carbonyl (C=O) groups excluding carboxylic acids is 1. The Morgan fingerprint density at radius 3 is 1.96 bits per heavy atom. The van der Waals surface area contributed by atoms with E-state index < -0.39 is 19.3 Å². The van der Waals surface area contributed by atoms with Crippen LogP contribution in [0, 0.1) is 0 Å². The van der Waals surface area contributed by atoms with Gasteiger partial charge in [-0.1, -0.05) is 60.7 Å². The fourth-order valence-electron chi connectivity index (χ4n) is 2.49. The molecule has 0 bridgehead atoms. The molecule has 0 radical (unpaired) electrons. The zero-order chi connectivity index (χ0) is 19.5. The quantitative estimate of drug-likeness (QED) is 0.459. The molecule has 1 atom stereocenters. The second-order valence-electron chi connectivity index (χ2n) is 5.74. The molecular weight excluding hydrogens is 365 g/mol. The van der Waals surface area contributed by atoms with Crippen molar-refractivity contribution >= 4 is 13.6 Å². The summed E-state index contributed by atoms with van der Waals surface area (Å²) in [5.41, 5.74) is 1.79. The number of carbonyl (C=O) groups is 1. The van der Waals surface area contributed by atoms with Gasteiger partial charge in [0.1, 0.15) is 6.61 Å². The molecule has 0 fully saturated rings. The molecule has 0 aliphatic heterocycles. The molecule has 146 valence electrons. The Hall–Kier alpha value is -1.98. The van der Waals surface area contributed by atoms with E-state index in [2.05, 4.69) is 5.32 Å². The fraction of sp³-hybridized carbons (Fsp3) is 0.350. The summed E-state index contributed by atoms with van der Waals surface area (Å²) >= 11 is 0. The van der Waals surface area contributed by atoms with Gasteiger partial charge in [0, 0.05) is 6.54 Å². The van der Waals surface area contributed by atoms with E-state index in [-0.39, 0.29) is 19.8 Å². The molecule has 2 aromatic rings. The van der Waals surface area contributed by atoms with Crippen molar-refractivity contribution in [1.82, 2.24) is 5.32 Å². The van der Waals surface area contributed by atoms with Gasteiger partial charge in [0.25, 0.3) is 0 Å². The molecule has 0 heterocycles. The molecule has 0 aliphatic carbocycles. The van der Waals surface area contributed by atoms with Crippen molar-refractivity contribution in [3.8, 4) is 0 Å². The van der Waals surface area contributed by atoms with Gasteiger partial charge in [-0.25, -0.2) is 4.79 Å². The lowest BCUT2D eigenvalue weighted by atomic mass is 10.2. The molecule has 2 aromatic carbocycles. The lowest BCUT2D eigenvalue weighted by molar-refractivity contribution is -0.145. The lowest BCUT2D eigenvalue weighted by Gasteiger charge is -2.25. The second-order valence-corrected chi connectivity index (χ2v) is 7.85. The molecule has 7 heteroatoms. The molecule has 0 amide bonds. The first-order valence-electron chi connectivity index (χ1n) is 8.95. The van der Waals surface area contributed by atoms with Crippen molar-refractivity contribution < 1.29 is 23.1 Å². The van der Waals surface area contributed by atoms with Crippen molar-refractivity contribution in [2.75, 3.05) is 13.2 Å². The molecular formula is C20H26NO5P. The molecule has 1 unspecified atom stereocenters. The summed E-state index contributed by atoms with van der Waals surface area (Å²) in [4.78, 5) is 12.7. The van der Waals surface area contributed by atoms with E-state index >= 15 is 0 Å². The van der Waals surface area contributed by atoms with Crippen molar-refractivity contribution in [2.24, 2.45) is 0 Å². The second kappa shape index (κ2) is 11.0. The SMILES string of the molecule is CCOP(=O)(OCC)C(NCc1ccccc1)C(=O)OCc1ccccc1. The molecule has 0 aliphatic rings. The summed E-state index contributed by atoms with van der Waals surface area (Å²) in [7, 11) is -3.73. The number of ether oxygens (including phenoxy) is 1. The van der Waals surface area contributed by atoms with Crippen molar-refractivity contribution in [3.63, 3.8) is 0 Å². The summed E-state index contributed by atoms with van der Waals surface area (Å²) in [6.07, 6.45) is 0. The molecule has 0 aromatic heterocycles. The molecule has 0 spiro atoms. The predicted octanol–water partition coefficient (Wildman–Crippen LogP) is 4.11. The zero-order valence-electron chi connectivity index (χ0n) is 15.7. The van der Waals surface area contributed by atoms with E-state index in [0.29, 0.717) is 6.54 Å². The van der Waals surface area contributed by atoms with Crippen LogP contribution in [0.3, 0.4) is 0 Å². The molecule has 6 nitrogen and oxygen atoms in total. The normalized spacial score (nSPS) is 12.5. The smallest absolute Gasteiger partial charge is 0.358 e. The maximum absolute atomic E-state index is 13.2. The maximum atomic E-state index is 13.2. The first kappa shape index (κ1) is 21.3. The van der Waals surface area contributed by atoms with Crippen LogP contribution in [0.15, 0.2) is 60.7 Å². The highest BCUT2D eigenvalue weighted by Crippen LogP contribution is 2.52. The highest BCUT2D eigenvalue weighted by atomic mass is 31.2. The maximum Gasteiger partial charge on any atom is 0.358 e. The van der Waals surface area contributed by atoms with Crippen molar-refractivity contribution in [3.05, 3.63) is 71.8 Å². The highest BCUT2D eigenvalue weighted by molar-refractivity contribution is 7.55. The molecule has 0 saturated heterocycles. The summed E-state index contributed by atoms with van der Waals surface area (Å²) in [5, 5.41) is 2.99. The number of esters is 1. The Bertz CT molecular complexity index is 729. The van der Waals surface area contributed by atoms with Crippen molar-refractivity contribution in [1.29, 1.82) is 0 Å². The average molecular weight is 391 g/mol. The van der Waals surface area contributed by atoms with Crippen LogP contribution in [0.25, 0.3) is 0 Å². The van der Waals surface area contributed by atoms with Gasteiger partial charge in [0.15, 0.2) is 0 Å². The number of rotatable bonds is 11. The van der Waals surface area contributed by atoms with Crippen molar-refractivity contribution in [2.45, 2.75) is 32.8 Å². The lowest BCUT2D eigenvalue weighted by Crippen LogP contribution is -2.38. The van der Waals surface area contributed by atoms with Gasteiger partial charge in [-0.05, 0) is 25.0 Å². The zero-order valence-corrected chi connectivity index (χ0v) is 16.6. The molecule has 2 rings (SSSR count). The highest BCUT2D eigenvalue weighted by Gasteiger charge is 2.42. The van der Waals surface area contributed by atoms with Gasteiger partial charge in [-0.3, -0.25) is 9.88 Å². The van der Waals surface area contributed by atoms with Gasteiger partial charge >= 0.3 is 13.6 Å². The molecule has 1 N–H and O–H groups in total. The summed E-state index contributed by atoms with van der Waals surface area (Å²) < 4.78 is 29.3. The Labute approximate surface area is 160 Å². The van der Waals surface area contributed by atoms with Crippen LogP contribution in [-0.4, -0.2) is 25.0 Å². The monoisotopic (exact) mass is 391 g/mol. The van der Waals surface area contributed by atoms with E-state index in [1.165, 1.54) is 0 Å². The predicted molar refractivity (Wildman–Crippen MR) is 104 cm³/mol. The fourth-order valence-corrected chi connectivity index (χ4v) is 4.23. The van der Waals surface area contributed by atoms with Gasteiger partial charge < -0.3 is 13.8 Å². The first-order valence-corrected chi connectivity index (χ1v) is 10.6. The Balaban J connectivity index is 2.13. The van der Waals surface area contributed by atoms with E-state index in [4.69, 9.17) is 13.8 Å². The summed E-state index contributed by atoms with van der Waals surface area (Å²) in [6, 6.07) is 18.8. The van der Waals surface area contributed by atoms with E-state index in [9.17, 15) is 9.36 Å². The minimum Gasteiger partial charge on any atom is -0.459 e. The third-order valence-electron chi connectivity index (χ3n) is 3.72. The topological polar surface area (TPSA) is 73.9 Å². The molecule has 0 saturated carbocycles. The number of hydrogen-bond acceptors (Lipinski definition) is 6. The largest absolute Gasteiger partial charge is 0.459 e.